The van der Waals surface area contributed by atoms with Gasteiger partial charge in [0.05, 0.1) is 19.1 Å². The van der Waals surface area contributed by atoms with Crippen molar-refractivity contribution in [1.29, 1.82) is 0 Å². The number of imidazole rings is 1. The fraction of sp³-hybridized carbons (Fsp3) is 0.524. The standard InChI is InChI=1S/C21H31N5O/c1-4-25-11-10-22-20(25)15-26-13-12-24(14-17(26)2)16-21(27)23-18(3)19-8-6-5-7-9-19/h5-11,17-18H,4,12-16H2,1-3H3,(H,23,27)/t17-,18-/m0/s1. The van der Waals surface area contributed by atoms with E-state index in [0.29, 0.717) is 12.6 Å². The predicted molar refractivity (Wildman–Crippen MR) is 107 cm³/mol. The molecule has 2 atom stereocenters. The minimum atomic E-state index is 0.0327. The summed E-state index contributed by atoms with van der Waals surface area (Å²) in [5, 5.41) is 3.11. The van der Waals surface area contributed by atoms with Gasteiger partial charge in [0.2, 0.25) is 5.91 Å². The second-order valence-electron chi connectivity index (χ2n) is 7.38. The number of nitrogens with one attached hydrogen (secondary N) is 1. The lowest BCUT2D eigenvalue weighted by Crippen LogP contribution is -2.53. The molecule has 1 aromatic carbocycles. The summed E-state index contributed by atoms with van der Waals surface area (Å²) in [5.41, 5.74) is 1.13. The number of hydrogen-bond acceptors (Lipinski definition) is 4. The molecule has 1 aliphatic rings. The van der Waals surface area contributed by atoms with Crippen LogP contribution in [0.25, 0.3) is 0 Å². The average molecular weight is 370 g/mol. The number of piperazine rings is 1. The number of rotatable bonds is 7. The summed E-state index contributed by atoms with van der Waals surface area (Å²) in [7, 11) is 0. The van der Waals surface area contributed by atoms with E-state index in [-0.39, 0.29) is 11.9 Å². The van der Waals surface area contributed by atoms with Gasteiger partial charge < -0.3 is 9.88 Å². The normalized spacial score (nSPS) is 19.7. The highest BCUT2D eigenvalue weighted by molar-refractivity contribution is 5.78. The summed E-state index contributed by atoms with van der Waals surface area (Å²) in [6.45, 7) is 11.4. The van der Waals surface area contributed by atoms with Gasteiger partial charge >= 0.3 is 0 Å². The summed E-state index contributed by atoms with van der Waals surface area (Å²) in [6.07, 6.45) is 3.91. The molecule has 1 fully saturated rings. The molecule has 0 aliphatic carbocycles. The van der Waals surface area contributed by atoms with Gasteiger partial charge in [-0.05, 0) is 26.3 Å². The molecule has 1 aliphatic heterocycles. The van der Waals surface area contributed by atoms with Crippen molar-refractivity contribution in [3.63, 3.8) is 0 Å². The third-order valence-electron chi connectivity index (χ3n) is 5.38. The van der Waals surface area contributed by atoms with Crippen LogP contribution in [0.1, 0.15) is 38.2 Å². The summed E-state index contributed by atoms with van der Waals surface area (Å²) >= 11 is 0. The molecule has 0 spiro atoms. The van der Waals surface area contributed by atoms with Crippen LogP contribution in [0.2, 0.25) is 0 Å². The fourth-order valence-electron chi connectivity index (χ4n) is 3.73. The van der Waals surface area contributed by atoms with Crippen molar-refractivity contribution in [3.05, 3.63) is 54.1 Å². The Bertz CT molecular complexity index is 729. The van der Waals surface area contributed by atoms with Crippen LogP contribution < -0.4 is 5.32 Å². The van der Waals surface area contributed by atoms with Gasteiger partial charge in [-0.15, -0.1) is 0 Å². The number of benzene rings is 1. The van der Waals surface area contributed by atoms with Crippen molar-refractivity contribution in [1.82, 2.24) is 24.7 Å². The van der Waals surface area contributed by atoms with Crippen LogP contribution in [0.3, 0.4) is 0 Å². The molecule has 1 saturated heterocycles. The van der Waals surface area contributed by atoms with E-state index in [1.54, 1.807) is 0 Å². The number of amides is 1. The number of hydrogen-bond donors (Lipinski definition) is 1. The van der Waals surface area contributed by atoms with Crippen LogP contribution in [0.5, 0.6) is 0 Å². The Hall–Kier alpha value is -2.18. The summed E-state index contributed by atoms with van der Waals surface area (Å²) in [4.78, 5) is 21.6. The number of carbonyl (C=O) groups is 1. The highest BCUT2D eigenvalue weighted by atomic mass is 16.2. The molecule has 6 nitrogen and oxygen atoms in total. The smallest absolute Gasteiger partial charge is 0.234 e. The van der Waals surface area contributed by atoms with Gasteiger partial charge in [-0.25, -0.2) is 4.98 Å². The van der Waals surface area contributed by atoms with Gasteiger partial charge in [-0.3, -0.25) is 14.6 Å². The predicted octanol–water partition coefficient (Wildman–Crippen LogP) is 2.29. The van der Waals surface area contributed by atoms with Crippen LogP contribution in [-0.4, -0.2) is 57.5 Å². The summed E-state index contributed by atoms with van der Waals surface area (Å²) < 4.78 is 2.19. The van der Waals surface area contributed by atoms with E-state index in [9.17, 15) is 4.79 Å². The maximum atomic E-state index is 12.4. The second kappa shape index (κ2) is 9.15. The van der Waals surface area contributed by atoms with Crippen molar-refractivity contribution in [3.8, 4) is 0 Å². The zero-order valence-electron chi connectivity index (χ0n) is 16.6. The third kappa shape index (κ3) is 5.17. The van der Waals surface area contributed by atoms with Crippen LogP contribution in [0.4, 0.5) is 0 Å². The van der Waals surface area contributed by atoms with E-state index in [0.717, 1.165) is 44.1 Å². The van der Waals surface area contributed by atoms with Gasteiger partial charge in [-0.1, -0.05) is 30.3 Å². The largest absolute Gasteiger partial charge is 0.348 e. The minimum absolute atomic E-state index is 0.0327. The molecule has 2 aromatic rings. The second-order valence-corrected chi connectivity index (χ2v) is 7.38. The van der Waals surface area contributed by atoms with E-state index in [4.69, 9.17) is 0 Å². The SMILES string of the molecule is CCn1ccnc1CN1CCN(CC(=O)N[C@@H](C)c2ccccc2)C[C@@H]1C. The van der Waals surface area contributed by atoms with E-state index in [1.807, 2.05) is 49.6 Å². The van der Waals surface area contributed by atoms with Crippen molar-refractivity contribution >= 4 is 5.91 Å². The first-order valence-electron chi connectivity index (χ1n) is 9.87. The molecule has 3 rings (SSSR count). The lowest BCUT2D eigenvalue weighted by Gasteiger charge is -2.39. The molecule has 1 aromatic heterocycles. The Morgan fingerprint density at radius 3 is 2.78 bits per heavy atom. The summed E-state index contributed by atoms with van der Waals surface area (Å²) in [6, 6.07) is 10.5. The van der Waals surface area contributed by atoms with Gasteiger partial charge in [-0.2, -0.15) is 0 Å². The number of aryl methyl sites for hydroxylation is 1. The van der Waals surface area contributed by atoms with Gasteiger partial charge in [0.15, 0.2) is 0 Å². The third-order valence-corrected chi connectivity index (χ3v) is 5.38. The maximum absolute atomic E-state index is 12.4. The van der Waals surface area contributed by atoms with Gasteiger partial charge in [0.1, 0.15) is 5.82 Å². The number of carbonyl (C=O) groups excluding carboxylic acids is 1. The zero-order valence-corrected chi connectivity index (χ0v) is 16.6. The van der Waals surface area contributed by atoms with E-state index in [2.05, 4.69) is 38.5 Å². The Morgan fingerprint density at radius 2 is 2.07 bits per heavy atom. The number of aromatic nitrogens is 2. The maximum Gasteiger partial charge on any atom is 0.234 e. The highest BCUT2D eigenvalue weighted by Crippen LogP contribution is 2.14. The molecule has 2 heterocycles. The quantitative estimate of drug-likeness (QED) is 0.814. The zero-order chi connectivity index (χ0) is 19.2. The molecule has 6 heteroatoms. The molecule has 1 amide bonds. The van der Waals surface area contributed by atoms with E-state index in [1.165, 1.54) is 0 Å². The monoisotopic (exact) mass is 369 g/mol. The molecule has 0 radical (unpaired) electrons. The average Bonchev–Trinajstić information content (AvgIpc) is 3.11. The minimum Gasteiger partial charge on any atom is -0.348 e. The lowest BCUT2D eigenvalue weighted by atomic mass is 10.1. The topological polar surface area (TPSA) is 53.4 Å². The lowest BCUT2D eigenvalue weighted by molar-refractivity contribution is -0.123. The highest BCUT2D eigenvalue weighted by Gasteiger charge is 2.26. The first kappa shape index (κ1) is 19.6. The molecule has 146 valence electrons. The van der Waals surface area contributed by atoms with Crippen molar-refractivity contribution in [2.45, 2.75) is 45.9 Å². The molecular weight excluding hydrogens is 338 g/mol. The molecule has 0 bridgehead atoms. The van der Waals surface area contributed by atoms with E-state index >= 15 is 0 Å². The first-order chi connectivity index (χ1) is 13.1. The number of nitrogens with zero attached hydrogens (tertiary/aromatic N) is 4. The van der Waals surface area contributed by atoms with Crippen LogP contribution >= 0.6 is 0 Å². The van der Waals surface area contributed by atoms with Crippen LogP contribution in [-0.2, 0) is 17.9 Å². The molecule has 0 saturated carbocycles. The van der Waals surface area contributed by atoms with Gasteiger partial charge in [0.25, 0.3) is 0 Å². The van der Waals surface area contributed by atoms with E-state index < -0.39 is 0 Å². The summed E-state index contributed by atoms with van der Waals surface area (Å²) in [5.74, 6) is 1.21. The molecular formula is C21H31N5O. The molecule has 27 heavy (non-hydrogen) atoms. The van der Waals surface area contributed by atoms with Crippen molar-refractivity contribution < 1.29 is 4.79 Å². The Labute approximate surface area is 162 Å². The fourth-order valence-corrected chi connectivity index (χ4v) is 3.73. The molecule has 1 N–H and O–H groups in total. The van der Waals surface area contributed by atoms with Crippen molar-refractivity contribution in [2.24, 2.45) is 0 Å². The Balaban J connectivity index is 1.47. The molecule has 0 unspecified atom stereocenters. The Morgan fingerprint density at radius 1 is 1.30 bits per heavy atom. The van der Waals surface area contributed by atoms with Crippen molar-refractivity contribution in [2.75, 3.05) is 26.2 Å². The van der Waals surface area contributed by atoms with Crippen LogP contribution in [0, 0.1) is 0 Å². The Kier molecular flexibility index (Phi) is 6.63. The van der Waals surface area contributed by atoms with Gasteiger partial charge in [0, 0.05) is 44.6 Å². The van der Waals surface area contributed by atoms with Crippen LogP contribution in [0.15, 0.2) is 42.7 Å². The first-order valence-corrected chi connectivity index (χ1v) is 9.87.